The van der Waals surface area contributed by atoms with E-state index in [1.807, 2.05) is 24.9 Å². The summed E-state index contributed by atoms with van der Waals surface area (Å²) in [6, 6.07) is 1.56. The van der Waals surface area contributed by atoms with Gasteiger partial charge in [0, 0.05) is 25.2 Å². The van der Waals surface area contributed by atoms with Crippen molar-refractivity contribution in [3.63, 3.8) is 0 Å². The van der Waals surface area contributed by atoms with Gasteiger partial charge in [-0.3, -0.25) is 14.8 Å². The Balaban J connectivity index is 1.91. The molecule has 0 aromatic carbocycles. The summed E-state index contributed by atoms with van der Waals surface area (Å²) in [5.74, 6) is 0.793. The lowest BCUT2D eigenvalue weighted by Crippen LogP contribution is -2.18. The minimum Gasteiger partial charge on any atom is -0.346 e. The van der Waals surface area contributed by atoms with E-state index in [9.17, 15) is 10.1 Å². The second-order valence-corrected chi connectivity index (χ2v) is 4.69. The van der Waals surface area contributed by atoms with Gasteiger partial charge in [0.05, 0.1) is 23.4 Å². The number of hydrogen-bond acceptors (Lipinski definition) is 5. The third kappa shape index (κ3) is 1.83. The molecule has 19 heavy (non-hydrogen) atoms. The average Bonchev–Trinajstić information content (AvgIpc) is 2.92. The molecule has 0 aliphatic carbocycles. The predicted molar refractivity (Wildman–Crippen MR) is 68.7 cm³/mol. The van der Waals surface area contributed by atoms with Gasteiger partial charge < -0.3 is 4.90 Å². The zero-order valence-corrected chi connectivity index (χ0v) is 10.7. The molecule has 1 aliphatic heterocycles. The Bertz CT molecular complexity index is 664. The van der Waals surface area contributed by atoms with Crippen molar-refractivity contribution in [1.29, 1.82) is 0 Å². The third-order valence-electron chi connectivity index (χ3n) is 3.40. The van der Waals surface area contributed by atoms with E-state index in [1.54, 1.807) is 6.07 Å². The standard InChI is InChI=1S/C12H13N5O2/c1-8-3-10(17(18)19)5-13-12(8)16-6-9-4-14-15(2)11(9)7-16/h3-5H,6-7H2,1-2H3. The first-order valence-electron chi connectivity index (χ1n) is 5.92. The van der Waals surface area contributed by atoms with E-state index in [0.717, 1.165) is 24.5 Å². The molecule has 0 fully saturated rings. The summed E-state index contributed by atoms with van der Waals surface area (Å²) >= 11 is 0. The molecule has 3 heterocycles. The first-order chi connectivity index (χ1) is 9.06. The molecule has 2 aromatic heterocycles. The second-order valence-electron chi connectivity index (χ2n) is 4.69. The van der Waals surface area contributed by atoms with E-state index < -0.39 is 4.92 Å². The molecule has 7 heteroatoms. The molecule has 0 bridgehead atoms. The SMILES string of the molecule is Cc1cc([N+](=O)[O-])cnc1N1Cc2cnn(C)c2C1. The molecule has 0 saturated carbocycles. The Hall–Kier alpha value is -2.44. The fourth-order valence-corrected chi connectivity index (χ4v) is 2.42. The Morgan fingerprint density at radius 3 is 2.79 bits per heavy atom. The molecule has 0 saturated heterocycles. The number of aromatic nitrogens is 3. The lowest BCUT2D eigenvalue weighted by atomic mass is 10.2. The van der Waals surface area contributed by atoms with Crippen molar-refractivity contribution in [3.05, 3.63) is 45.4 Å². The van der Waals surface area contributed by atoms with Crippen LogP contribution in [0.2, 0.25) is 0 Å². The highest BCUT2D eigenvalue weighted by Gasteiger charge is 2.25. The smallest absolute Gasteiger partial charge is 0.287 e. The van der Waals surface area contributed by atoms with E-state index in [0.29, 0.717) is 0 Å². The Morgan fingerprint density at radius 2 is 2.16 bits per heavy atom. The van der Waals surface area contributed by atoms with Crippen molar-refractivity contribution in [2.45, 2.75) is 20.0 Å². The van der Waals surface area contributed by atoms with Crippen LogP contribution in [-0.2, 0) is 20.1 Å². The molecule has 0 spiro atoms. The van der Waals surface area contributed by atoms with Crippen molar-refractivity contribution in [1.82, 2.24) is 14.8 Å². The Morgan fingerprint density at radius 1 is 1.37 bits per heavy atom. The minimum absolute atomic E-state index is 0.0274. The molecule has 0 atom stereocenters. The van der Waals surface area contributed by atoms with Crippen LogP contribution in [0, 0.1) is 17.0 Å². The van der Waals surface area contributed by atoms with Crippen LogP contribution < -0.4 is 4.90 Å². The minimum atomic E-state index is -0.424. The Labute approximate surface area is 109 Å². The molecular weight excluding hydrogens is 246 g/mol. The van der Waals surface area contributed by atoms with Gasteiger partial charge in [-0.2, -0.15) is 5.10 Å². The number of rotatable bonds is 2. The largest absolute Gasteiger partial charge is 0.346 e. The quantitative estimate of drug-likeness (QED) is 0.604. The van der Waals surface area contributed by atoms with Crippen LogP contribution in [0.4, 0.5) is 11.5 Å². The summed E-state index contributed by atoms with van der Waals surface area (Å²) < 4.78 is 1.86. The molecule has 0 amide bonds. The summed E-state index contributed by atoms with van der Waals surface area (Å²) in [5.41, 5.74) is 3.19. The van der Waals surface area contributed by atoms with Crippen LogP contribution in [0.5, 0.6) is 0 Å². The van der Waals surface area contributed by atoms with Gasteiger partial charge >= 0.3 is 0 Å². The molecule has 98 valence electrons. The predicted octanol–water partition coefficient (Wildman–Crippen LogP) is 1.55. The number of anilines is 1. The van der Waals surface area contributed by atoms with Crippen LogP contribution in [0.15, 0.2) is 18.5 Å². The maximum Gasteiger partial charge on any atom is 0.287 e. The summed E-state index contributed by atoms with van der Waals surface area (Å²) in [7, 11) is 1.92. The van der Waals surface area contributed by atoms with E-state index in [-0.39, 0.29) is 5.69 Å². The van der Waals surface area contributed by atoms with Crippen molar-refractivity contribution in [2.75, 3.05) is 4.90 Å². The van der Waals surface area contributed by atoms with Crippen molar-refractivity contribution in [3.8, 4) is 0 Å². The van der Waals surface area contributed by atoms with Gasteiger partial charge in [-0.05, 0) is 12.5 Å². The molecule has 0 N–H and O–H groups in total. The highest BCUT2D eigenvalue weighted by Crippen LogP contribution is 2.29. The summed E-state index contributed by atoms with van der Waals surface area (Å²) in [5, 5.41) is 14.9. The molecular formula is C12H13N5O2. The van der Waals surface area contributed by atoms with Gasteiger partial charge in [0.25, 0.3) is 5.69 Å². The van der Waals surface area contributed by atoms with Gasteiger partial charge in [-0.25, -0.2) is 4.98 Å². The van der Waals surface area contributed by atoms with Gasteiger partial charge in [-0.1, -0.05) is 0 Å². The highest BCUT2D eigenvalue weighted by atomic mass is 16.6. The van der Waals surface area contributed by atoms with Crippen LogP contribution >= 0.6 is 0 Å². The number of nitrogens with zero attached hydrogens (tertiary/aromatic N) is 5. The average molecular weight is 259 g/mol. The van der Waals surface area contributed by atoms with Crippen LogP contribution in [0.1, 0.15) is 16.8 Å². The number of nitro groups is 1. The zero-order valence-electron chi connectivity index (χ0n) is 10.7. The molecule has 1 aliphatic rings. The van der Waals surface area contributed by atoms with E-state index in [1.165, 1.54) is 17.5 Å². The normalized spacial score (nSPS) is 13.7. The first-order valence-corrected chi connectivity index (χ1v) is 5.92. The first kappa shape index (κ1) is 11.6. The van der Waals surface area contributed by atoms with E-state index >= 15 is 0 Å². The molecule has 7 nitrogen and oxygen atoms in total. The van der Waals surface area contributed by atoms with Crippen molar-refractivity contribution < 1.29 is 4.92 Å². The monoisotopic (exact) mass is 259 g/mol. The number of fused-ring (bicyclic) bond motifs is 1. The Kier molecular flexibility index (Phi) is 2.48. The molecule has 0 unspecified atom stereocenters. The topological polar surface area (TPSA) is 77.1 Å². The van der Waals surface area contributed by atoms with E-state index in [2.05, 4.69) is 15.0 Å². The van der Waals surface area contributed by atoms with Gasteiger partial charge in [0.15, 0.2) is 0 Å². The molecule has 3 rings (SSSR count). The van der Waals surface area contributed by atoms with E-state index in [4.69, 9.17) is 0 Å². The van der Waals surface area contributed by atoms with Crippen LogP contribution in [0.25, 0.3) is 0 Å². The van der Waals surface area contributed by atoms with Crippen LogP contribution in [-0.4, -0.2) is 19.7 Å². The fourth-order valence-electron chi connectivity index (χ4n) is 2.42. The molecule has 0 radical (unpaired) electrons. The van der Waals surface area contributed by atoms with Crippen molar-refractivity contribution in [2.24, 2.45) is 7.05 Å². The summed E-state index contributed by atoms with van der Waals surface area (Å²) in [4.78, 5) is 16.6. The van der Waals surface area contributed by atoms with Gasteiger partial charge in [-0.15, -0.1) is 0 Å². The lowest BCUT2D eigenvalue weighted by Gasteiger charge is -2.18. The fraction of sp³-hybridized carbons (Fsp3) is 0.333. The van der Waals surface area contributed by atoms with Gasteiger partial charge in [0.2, 0.25) is 0 Å². The third-order valence-corrected chi connectivity index (χ3v) is 3.40. The van der Waals surface area contributed by atoms with Gasteiger partial charge in [0.1, 0.15) is 12.0 Å². The highest BCUT2D eigenvalue weighted by molar-refractivity contribution is 5.53. The van der Waals surface area contributed by atoms with Crippen molar-refractivity contribution >= 4 is 11.5 Å². The second kappa shape index (κ2) is 4.04. The lowest BCUT2D eigenvalue weighted by molar-refractivity contribution is -0.385. The number of pyridine rings is 1. The van der Waals surface area contributed by atoms with Crippen LogP contribution in [0.3, 0.4) is 0 Å². The maximum absolute atomic E-state index is 10.7. The number of aryl methyl sites for hydroxylation is 2. The summed E-state index contributed by atoms with van der Waals surface area (Å²) in [6.07, 6.45) is 3.17. The maximum atomic E-state index is 10.7. The molecule has 2 aromatic rings. The number of hydrogen-bond donors (Lipinski definition) is 0. The summed E-state index contributed by atoms with van der Waals surface area (Å²) in [6.45, 7) is 3.32. The zero-order chi connectivity index (χ0) is 13.6.